The van der Waals surface area contributed by atoms with Gasteiger partial charge in [-0.3, -0.25) is 4.79 Å². The molecule has 1 N–H and O–H groups in total. The lowest BCUT2D eigenvalue weighted by molar-refractivity contribution is -0.130. The zero-order valence-electron chi connectivity index (χ0n) is 11.3. The van der Waals surface area contributed by atoms with Crippen LogP contribution in [0, 0.1) is 0 Å². The van der Waals surface area contributed by atoms with Crippen molar-refractivity contribution < 1.29 is 4.79 Å². The van der Waals surface area contributed by atoms with E-state index in [4.69, 9.17) is 11.6 Å². The first-order chi connectivity index (χ1) is 9.20. The molecule has 20 heavy (non-hydrogen) atoms. The van der Waals surface area contributed by atoms with E-state index in [0.717, 1.165) is 25.1 Å². The number of benzene rings is 1. The molecule has 0 aromatic heterocycles. The summed E-state index contributed by atoms with van der Waals surface area (Å²) in [5.41, 5.74) is 1.04. The van der Waals surface area contributed by atoms with Crippen molar-refractivity contribution >= 4 is 29.9 Å². The van der Waals surface area contributed by atoms with Crippen molar-refractivity contribution in [3.8, 4) is 0 Å². The molecule has 2 bridgehead atoms. The molecule has 1 aromatic carbocycles. The summed E-state index contributed by atoms with van der Waals surface area (Å²) in [6, 6.07) is 8.68. The van der Waals surface area contributed by atoms with Crippen LogP contribution in [0.3, 0.4) is 0 Å². The highest BCUT2D eigenvalue weighted by molar-refractivity contribution is 6.30. The predicted molar refractivity (Wildman–Crippen MR) is 83.5 cm³/mol. The molecule has 2 heterocycles. The van der Waals surface area contributed by atoms with Gasteiger partial charge in [-0.05, 0) is 37.0 Å². The summed E-state index contributed by atoms with van der Waals surface area (Å²) in [5, 5.41) is 4.31. The summed E-state index contributed by atoms with van der Waals surface area (Å²) in [4.78, 5) is 14.4. The monoisotopic (exact) mass is 314 g/mol. The lowest BCUT2D eigenvalue weighted by Gasteiger charge is -2.24. The van der Waals surface area contributed by atoms with Crippen LogP contribution in [-0.4, -0.2) is 36.0 Å². The van der Waals surface area contributed by atoms with Crippen molar-refractivity contribution in [1.82, 2.24) is 10.2 Å². The number of nitrogens with zero attached hydrogens (tertiary/aromatic N) is 1. The Morgan fingerprint density at radius 3 is 2.65 bits per heavy atom. The molecule has 2 saturated heterocycles. The predicted octanol–water partition coefficient (Wildman–Crippen LogP) is 2.66. The van der Waals surface area contributed by atoms with Crippen LogP contribution in [-0.2, 0) is 11.2 Å². The van der Waals surface area contributed by atoms with Crippen LogP contribution in [0.4, 0.5) is 0 Å². The molecule has 2 aliphatic rings. The van der Waals surface area contributed by atoms with Gasteiger partial charge in [0.15, 0.2) is 0 Å². The molecule has 5 heteroatoms. The second kappa shape index (κ2) is 6.79. The molecule has 1 aromatic rings. The Balaban J connectivity index is 0.00000147. The highest BCUT2D eigenvalue weighted by atomic mass is 35.5. The average Bonchev–Trinajstić information content (AvgIpc) is 2.71. The highest BCUT2D eigenvalue weighted by Crippen LogP contribution is 2.21. The Hall–Kier alpha value is -0.770. The summed E-state index contributed by atoms with van der Waals surface area (Å²) in [7, 11) is 0. The van der Waals surface area contributed by atoms with Crippen molar-refractivity contribution in [2.24, 2.45) is 0 Å². The van der Waals surface area contributed by atoms with E-state index in [0.29, 0.717) is 23.5 Å². The first-order valence-electron chi connectivity index (χ1n) is 6.99. The van der Waals surface area contributed by atoms with Crippen molar-refractivity contribution in [2.45, 2.75) is 37.8 Å². The molecular weight excluding hydrogens is 295 g/mol. The summed E-state index contributed by atoms with van der Waals surface area (Å²) in [6.07, 6.45) is 4.04. The molecule has 3 nitrogen and oxygen atoms in total. The lowest BCUT2D eigenvalue weighted by Crippen LogP contribution is -2.39. The second-order valence-electron chi connectivity index (χ2n) is 5.57. The van der Waals surface area contributed by atoms with Gasteiger partial charge >= 0.3 is 0 Å². The van der Waals surface area contributed by atoms with E-state index in [1.165, 1.54) is 12.8 Å². The Labute approximate surface area is 131 Å². The minimum atomic E-state index is 0. The maximum Gasteiger partial charge on any atom is 0.227 e. The number of halogens is 2. The number of amides is 1. The van der Waals surface area contributed by atoms with E-state index in [-0.39, 0.29) is 18.3 Å². The third kappa shape index (κ3) is 3.66. The van der Waals surface area contributed by atoms with E-state index < -0.39 is 0 Å². The van der Waals surface area contributed by atoms with E-state index in [2.05, 4.69) is 5.32 Å². The minimum Gasteiger partial charge on any atom is -0.341 e. The molecule has 3 rings (SSSR count). The van der Waals surface area contributed by atoms with Crippen molar-refractivity contribution in [2.75, 3.05) is 13.1 Å². The first-order valence-corrected chi connectivity index (χ1v) is 7.37. The molecular formula is C15H20Cl2N2O. The Morgan fingerprint density at radius 2 is 1.90 bits per heavy atom. The minimum absolute atomic E-state index is 0. The lowest BCUT2D eigenvalue weighted by atomic mass is 10.1. The fraction of sp³-hybridized carbons (Fsp3) is 0.533. The van der Waals surface area contributed by atoms with E-state index >= 15 is 0 Å². The van der Waals surface area contributed by atoms with Crippen LogP contribution < -0.4 is 5.32 Å². The van der Waals surface area contributed by atoms with Gasteiger partial charge in [0.2, 0.25) is 5.91 Å². The van der Waals surface area contributed by atoms with E-state index in [1.54, 1.807) is 0 Å². The first kappa shape index (κ1) is 15.6. The molecule has 2 fully saturated rings. The van der Waals surface area contributed by atoms with Crippen molar-refractivity contribution in [3.63, 3.8) is 0 Å². The maximum absolute atomic E-state index is 12.3. The van der Waals surface area contributed by atoms with Crippen LogP contribution in [0.1, 0.15) is 24.8 Å². The Kier molecular flexibility index (Phi) is 5.30. The number of carbonyl (C=O) groups excluding carboxylic acids is 1. The molecule has 0 aliphatic carbocycles. The van der Waals surface area contributed by atoms with E-state index in [1.807, 2.05) is 29.2 Å². The van der Waals surface area contributed by atoms with Gasteiger partial charge in [-0.1, -0.05) is 23.7 Å². The molecule has 2 atom stereocenters. The summed E-state index contributed by atoms with van der Waals surface area (Å²) in [5.74, 6) is 0.233. The van der Waals surface area contributed by atoms with Crippen LogP contribution in [0.5, 0.6) is 0 Å². The summed E-state index contributed by atoms with van der Waals surface area (Å²) < 4.78 is 0. The molecule has 110 valence electrons. The number of likely N-dealkylation sites (tertiary alicyclic amines) is 1. The summed E-state index contributed by atoms with van der Waals surface area (Å²) >= 11 is 5.86. The number of nitrogens with one attached hydrogen (secondary N) is 1. The number of rotatable bonds is 2. The fourth-order valence-electron chi connectivity index (χ4n) is 3.06. The van der Waals surface area contributed by atoms with Crippen molar-refractivity contribution in [3.05, 3.63) is 34.9 Å². The van der Waals surface area contributed by atoms with Gasteiger partial charge < -0.3 is 10.2 Å². The zero-order chi connectivity index (χ0) is 13.2. The van der Waals surface area contributed by atoms with Crippen molar-refractivity contribution in [1.29, 1.82) is 0 Å². The van der Waals surface area contributed by atoms with Crippen LogP contribution >= 0.6 is 24.0 Å². The Morgan fingerprint density at radius 1 is 1.20 bits per heavy atom. The SMILES string of the molecule is Cl.O=C(Cc1ccc(Cl)cc1)N1CCC2CCC(C1)N2. The van der Waals surface area contributed by atoms with Crippen LogP contribution in [0.2, 0.25) is 5.02 Å². The maximum atomic E-state index is 12.3. The molecule has 0 radical (unpaired) electrons. The van der Waals surface area contributed by atoms with Gasteiger partial charge in [0.1, 0.15) is 0 Å². The molecule has 1 amide bonds. The average molecular weight is 315 g/mol. The van der Waals surface area contributed by atoms with Gasteiger partial charge in [-0.15, -0.1) is 12.4 Å². The molecule has 2 unspecified atom stereocenters. The quantitative estimate of drug-likeness (QED) is 0.910. The van der Waals surface area contributed by atoms with E-state index in [9.17, 15) is 4.79 Å². The number of fused-ring (bicyclic) bond motifs is 2. The smallest absolute Gasteiger partial charge is 0.227 e. The zero-order valence-corrected chi connectivity index (χ0v) is 12.9. The molecule has 0 spiro atoms. The van der Waals surface area contributed by atoms with Crippen LogP contribution in [0.25, 0.3) is 0 Å². The molecule has 0 saturated carbocycles. The fourth-order valence-corrected chi connectivity index (χ4v) is 3.18. The van der Waals surface area contributed by atoms with Gasteiger partial charge in [0.05, 0.1) is 6.42 Å². The Bertz CT molecular complexity index is 463. The van der Waals surface area contributed by atoms with Gasteiger partial charge in [0.25, 0.3) is 0 Å². The largest absolute Gasteiger partial charge is 0.341 e. The molecule has 2 aliphatic heterocycles. The topological polar surface area (TPSA) is 32.3 Å². The highest BCUT2D eigenvalue weighted by Gasteiger charge is 2.30. The number of carbonyl (C=O) groups is 1. The number of hydrogen-bond donors (Lipinski definition) is 1. The normalized spacial score (nSPS) is 24.9. The van der Waals surface area contributed by atoms with Gasteiger partial charge in [0, 0.05) is 30.2 Å². The standard InChI is InChI=1S/C15H19ClN2O.ClH/c16-12-3-1-11(2-4-12)9-15(19)18-8-7-13-5-6-14(10-18)17-13;/h1-4,13-14,17H,5-10H2;1H. The van der Waals surface area contributed by atoms with Gasteiger partial charge in [-0.2, -0.15) is 0 Å². The van der Waals surface area contributed by atoms with Gasteiger partial charge in [-0.25, -0.2) is 0 Å². The second-order valence-corrected chi connectivity index (χ2v) is 6.01. The third-order valence-corrected chi connectivity index (χ3v) is 4.40. The summed E-state index contributed by atoms with van der Waals surface area (Å²) in [6.45, 7) is 1.75. The number of hydrogen-bond acceptors (Lipinski definition) is 2. The van der Waals surface area contributed by atoms with Crippen LogP contribution in [0.15, 0.2) is 24.3 Å². The third-order valence-electron chi connectivity index (χ3n) is 4.14.